The van der Waals surface area contributed by atoms with Gasteiger partial charge in [-0.05, 0) is 43.4 Å². The summed E-state index contributed by atoms with van der Waals surface area (Å²) in [7, 11) is 3.40. The molecular formula is C49H57N4O2Y2-. The van der Waals surface area contributed by atoms with E-state index in [0.29, 0.717) is 25.9 Å². The minimum absolute atomic E-state index is 0. The van der Waals surface area contributed by atoms with Gasteiger partial charge >= 0.3 is 0 Å². The van der Waals surface area contributed by atoms with Crippen molar-refractivity contribution in [3.8, 4) is 0 Å². The largest absolute Gasteiger partial charge is 0.359 e. The van der Waals surface area contributed by atoms with Gasteiger partial charge in [-0.1, -0.05) is 95.7 Å². The van der Waals surface area contributed by atoms with Crippen molar-refractivity contribution in [1.82, 2.24) is 10.6 Å². The number of rotatable bonds is 14. The van der Waals surface area contributed by atoms with E-state index in [1.165, 1.54) is 66.6 Å². The summed E-state index contributed by atoms with van der Waals surface area (Å²) >= 11 is 0. The molecule has 0 saturated heterocycles. The van der Waals surface area contributed by atoms with Gasteiger partial charge < -0.3 is 15.5 Å². The summed E-state index contributed by atoms with van der Waals surface area (Å²) in [6, 6.07) is 24.8. The van der Waals surface area contributed by atoms with Crippen molar-refractivity contribution in [2.24, 2.45) is 0 Å². The molecule has 2 heterocycles. The molecule has 0 atom stereocenters. The number of aryl methyl sites for hydroxylation is 2. The van der Waals surface area contributed by atoms with Crippen molar-refractivity contribution in [2.45, 2.75) is 90.9 Å². The fourth-order valence-corrected chi connectivity index (χ4v) is 9.24. The molecule has 0 unspecified atom stereocenters. The SMILES string of the molecule is CCC1(CC)C(/C=C/C=C/C=C/C=C2/N(CCC(=O)NC)c3ccc4cc(C)c[c-]c4c3C2(CC)CC)=[N+](CCC(=O)NC)c2ccc3cc(C)c[c-]c3c21.[Y].[Y]. The van der Waals surface area contributed by atoms with Gasteiger partial charge in [-0.15, -0.1) is 69.1 Å². The van der Waals surface area contributed by atoms with Crippen LogP contribution in [0, 0.1) is 26.0 Å². The summed E-state index contributed by atoms with van der Waals surface area (Å²) in [5.74, 6) is 0.0679. The second kappa shape index (κ2) is 20.3. The third kappa shape index (κ3) is 8.81. The van der Waals surface area contributed by atoms with Gasteiger partial charge in [-0.2, -0.15) is 0 Å². The van der Waals surface area contributed by atoms with Crippen molar-refractivity contribution in [2.75, 3.05) is 32.1 Å². The summed E-state index contributed by atoms with van der Waals surface area (Å²) in [4.78, 5) is 27.3. The standard InChI is InChI=1S/C49H57N4O2.2Y/c1-9-48(10-2)42(52(30-28-44(54)50-7)40-26-22-36-32-34(5)20-24-38(36)46(40)48)18-16-14-13-15-17-19-43-49(11-3,12-4)47-39-25-21-35(6)33-37(39)23-27-41(47)53(43)31-29-45(55)51-8;;/h13-23,26-27,32-33H,9-12,28-31H2,1-8H3,(H,50,54)(H,51,55);;/q-1;;. The Kier molecular flexibility index (Phi) is 16.6. The minimum atomic E-state index is -0.201. The molecule has 2 radical (unpaired) electrons. The number of benzene rings is 4. The van der Waals surface area contributed by atoms with Crippen molar-refractivity contribution in [3.63, 3.8) is 0 Å². The first kappa shape index (κ1) is 46.7. The molecule has 0 saturated carbocycles. The maximum absolute atomic E-state index is 12.5. The molecule has 8 heteroatoms. The van der Waals surface area contributed by atoms with E-state index in [-0.39, 0.29) is 88.1 Å². The van der Waals surface area contributed by atoms with E-state index in [1.807, 2.05) is 0 Å². The summed E-state index contributed by atoms with van der Waals surface area (Å²) in [5, 5.41) is 10.4. The number of fused-ring (bicyclic) bond motifs is 6. The van der Waals surface area contributed by atoms with Gasteiger partial charge in [0.1, 0.15) is 0 Å². The van der Waals surface area contributed by atoms with Crippen molar-refractivity contribution < 1.29 is 79.6 Å². The van der Waals surface area contributed by atoms with Crippen LogP contribution in [0.3, 0.4) is 0 Å². The second-order valence-corrected chi connectivity index (χ2v) is 15.0. The van der Waals surface area contributed by atoms with Crippen LogP contribution in [0.25, 0.3) is 21.5 Å². The van der Waals surface area contributed by atoms with E-state index < -0.39 is 0 Å². The predicted octanol–water partition coefficient (Wildman–Crippen LogP) is 9.76. The summed E-state index contributed by atoms with van der Waals surface area (Å²) in [5.41, 5.74) is 9.41. The normalized spacial score (nSPS) is 16.1. The zero-order valence-corrected chi connectivity index (χ0v) is 40.9. The van der Waals surface area contributed by atoms with Crippen LogP contribution in [0.2, 0.25) is 0 Å². The first-order valence-electron chi connectivity index (χ1n) is 20.1. The Morgan fingerprint density at radius 1 is 0.719 bits per heavy atom. The Morgan fingerprint density at radius 2 is 1.26 bits per heavy atom. The van der Waals surface area contributed by atoms with Crippen molar-refractivity contribution >= 4 is 50.4 Å². The van der Waals surface area contributed by atoms with E-state index in [2.05, 4.69) is 165 Å². The van der Waals surface area contributed by atoms with E-state index in [0.717, 1.165) is 25.7 Å². The van der Waals surface area contributed by atoms with Crippen LogP contribution in [-0.2, 0) is 85.8 Å². The number of nitrogens with zero attached hydrogens (tertiary/aromatic N) is 2. The van der Waals surface area contributed by atoms with Crippen LogP contribution >= 0.6 is 0 Å². The molecule has 0 aromatic heterocycles. The molecule has 0 aliphatic carbocycles. The van der Waals surface area contributed by atoms with Gasteiger partial charge in [0.2, 0.25) is 11.8 Å². The van der Waals surface area contributed by atoms with E-state index in [4.69, 9.17) is 0 Å². The molecule has 6 rings (SSSR count). The molecule has 292 valence electrons. The molecular weight excluding hydrogens is 854 g/mol. The number of carbonyl (C=O) groups excluding carboxylic acids is 2. The summed E-state index contributed by atoms with van der Waals surface area (Å²) < 4.78 is 2.36. The van der Waals surface area contributed by atoms with Crippen LogP contribution < -0.4 is 15.5 Å². The first-order valence-corrected chi connectivity index (χ1v) is 20.1. The molecule has 6 nitrogen and oxygen atoms in total. The Labute approximate surface area is 391 Å². The number of hydrogen-bond acceptors (Lipinski definition) is 3. The molecule has 2 amide bonds. The predicted molar refractivity (Wildman–Crippen MR) is 230 cm³/mol. The number of amides is 2. The molecule has 2 aliphatic rings. The van der Waals surface area contributed by atoms with E-state index in [1.54, 1.807) is 14.1 Å². The fraction of sp³-hybridized carbons (Fsp3) is 0.367. The zero-order valence-electron chi connectivity index (χ0n) is 35.2. The second-order valence-electron chi connectivity index (χ2n) is 15.0. The zero-order chi connectivity index (χ0) is 39.3. The van der Waals surface area contributed by atoms with Gasteiger partial charge in [0.05, 0.1) is 11.8 Å². The fourth-order valence-electron chi connectivity index (χ4n) is 9.24. The van der Waals surface area contributed by atoms with Gasteiger partial charge in [-0.3, -0.25) is 9.59 Å². The van der Waals surface area contributed by atoms with Gasteiger partial charge in [0, 0.05) is 115 Å². The molecule has 0 spiro atoms. The maximum atomic E-state index is 12.5. The van der Waals surface area contributed by atoms with Crippen LogP contribution in [-0.4, -0.2) is 49.3 Å². The van der Waals surface area contributed by atoms with E-state index in [9.17, 15) is 9.59 Å². The number of hydrogen-bond donors (Lipinski definition) is 2. The van der Waals surface area contributed by atoms with Crippen LogP contribution in [0.1, 0.15) is 88.5 Å². The first-order chi connectivity index (χ1) is 26.6. The Bertz CT molecular complexity index is 2270. The third-order valence-corrected chi connectivity index (χ3v) is 12.2. The summed E-state index contributed by atoms with van der Waals surface area (Å²) in [6.07, 6.45) is 19.6. The number of nitrogens with one attached hydrogen (secondary N) is 2. The molecule has 0 bridgehead atoms. The molecule has 2 aliphatic heterocycles. The molecule has 4 aromatic rings. The monoisotopic (exact) mass is 911 g/mol. The maximum Gasteiger partial charge on any atom is 0.226 e. The molecule has 4 aromatic carbocycles. The van der Waals surface area contributed by atoms with Gasteiger partial charge in [0.25, 0.3) is 0 Å². The Balaban J connectivity index is 0.00000360. The molecule has 2 N–H and O–H groups in total. The number of carbonyl (C=O) groups is 2. The number of anilines is 1. The molecule has 57 heavy (non-hydrogen) atoms. The number of allylic oxidation sites excluding steroid dienone is 8. The van der Waals surface area contributed by atoms with Crippen LogP contribution in [0.15, 0.2) is 96.8 Å². The van der Waals surface area contributed by atoms with Crippen LogP contribution in [0.5, 0.6) is 0 Å². The average molecular weight is 912 g/mol. The average Bonchev–Trinajstić information content (AvgIpc) is 3.64. The van der Waals surface area contributed by atoms with E-state index >= 15 is 0 Å². The quantitative estimate of drug-likeness (QED) is 0.0753. The molecule has 0 fully saturated rings. The topological polar surface area (TPSA) is 64.5 Å². The smallest absolute Gasteiger partial charge is 0.226 e. The minimum Gasteiger partial charge on any atom is -0.359 e. The van der Waals surface area contributed by atoms with Crippen molar-refractivity contribution in [3.05, 3.63) is 131 Å². The van der Waals surface area contributed by atoms with Crippen LogP contribution in [0.4, 0.5) is 11.4 Å². The van der Waals surface area contributed by atoms with Crippen molar-refractivity contribution in [1.29, 1.82) is 0 Å². The third-order valence-electron chi connectivity index (χ3n) is 12.2. The summed E-state index contributed by atoms with van der Waals surface area (Å²) in [6.45, 7) is 14.5. The van der Waals surface area contributed by atoms with Gasteiger partial charge in [-0.25, -0.2) is 4.58 Å². The van der Waals surface area contributed by atoms with Gasteiger partial charge in [0.15, 0.2) is 17.9 Å². The Hall–Kier alpha value is -3.02. The Morgan fingerprint density at radius 3 is 1.86 bits per heavy atom.